The summed E-state index contributed by atoms with van der Waals surface area (Å²) in [7, 11) is 1.71. The Labute approximate surface area is 187 Å². The predicted octanol–water partition coefficient (Wildman–Crippen LogP) is 5.36. The molecule has 1 heterocycles. The minimum Gasteiger partial charge on any atom is -0.484 e. The van der Waals surface area contributed by atoms with Gasteiger partial charge in [0, 0.05) is 18.6 Å². The van der Waals surface area contributed by atoms with Crippen molar-refractivity contribution in [2.75, 3.05) is 12.8 Å². The van der Waals surface area contributed by atoms with Gasteiger partial charge in [-0.15, -0.1) is 10.2 Å². The van der Waals surface area contributed by atoms with Gasteiger partial charge in [0.25, 0.3) is 11.1 Å². The maximum Gasteiger partial charge on any atom is 0.277 e. The molecule has 6 nitrogen and oxygen atoms in total. The summed E-state index contributed by atoms with van der Waals surface area (Å²) in [6, 6.07) is 12.2. The van der Waals surface area contributed by atoms with Crippen molar-refractivity contribution >= 4 is 52.5 Å². The molecular formula is C19H16Cl3N3O3S. The van der Waals surface area contributed by atoms with Gasteiger partial charge in [0.05, 0.1) is 15.8 Å². The van der Waals surface area contributed by atoms with Gasteiger partial charge in [0.1, 0.15) is 5.75 Å². The Balaban J connectivity index is 1.46. The lowest BCUT2D eigenvalue weighted by molar-refractivity contribution is -0.127. The van der Waals surface area contributed by atoms with E-state index in [0.29, 0.717) is 38.5 Å². The van der Waals surface area contributed by atoms with E-state index >= 15 is 0 Å². The summed E-state index contributed by atoms with van der Waals surface area (Å²) in [5, 5.41) is 9.70. The van der Waals surface area contributed by atoms with Gasteiger partial charge in [-0.25, -0.2) is 0 Å². The molecular weight excluding hydrogens is 457 g/mol. The number of benzene rings is 2. The number of halogens is 3. The maximum atomic E-state index is 12.3. The zero-order valence-electron chi connectivity index (χ0n) is 15.3. The van der Waals surface area contributed by atoms with Crippen molar-refractivity contribution in [2.45, 2.75) is 18.4 Å². The van der Waals surface area contributed by atoms with E-state index in [0.717, 1.165) is 5.56 Å². The number of amides is 1. The second kappa shape index (κ2) is 10.2. The first-order valence-corrected chi connectivity index (χ1v) is 10.5. The molecule has 10 heteroatoms. The molecule has 0 unspecified atom stereocenters. The summed E-state index contributed by atoms with van der Waals surface area (Å²) in [4.78, 5) is 13.9. The van der Waals surface area contributed by atoms with E-state index in [2.05, 4.69) is 10.2 Å². The average molecular weight is 473 g/mol. The van der Waals surface area contributed by atoms with Gasteiger partial charge in [-0.1, -0.05) is 52.6 Å². The molecule has 0 saturated heterocycles. The number of rotatable bonds is 8. The minimum absolute atomic E-state index is 0.0850. The Bertz CT molecular complexity index is 982. The standard InChI is InChI=1S/C19H16Cl3N3O3S/c1-25(9-12-2-7-15(21)16(22)8-12)18(26)11-29-19-24-23-17(28-19)10-27-14-5-3-13(20)4-6-14/h2-8H,9-11H2,1H3. The minimum atomic E-state index is -0.0850. The summed E-state index contributed by atoms with van der Waals surface area (Å²) in [5.74, 6) is 1.04. The van der Waals surface area contributed by atoms with E-state index in [1.54, 1.807) is 48.3 Å². The van der Waals surface area contributed by atoms with E-state index < -0.39 is 0 Å². The molecule has 3 aromatic rings. The fourth-order valence-corrected chi connectivity index (χ4v) is 3.43. The molecule has 0 aliphatic rings. The van der Waals surface area contributed by atoms with Crippen LogP contribution in [0.15, 0.2) is 52.1 Å². The average Bonchev–Trinajstić information content (AvgIpc) is 3.16. The van der Waals surface area contributed by atoms with Crippen molar-refractivity contribution in [3.63, 3.8) is 0 Å². The second-order valence-electron chi connectivity index (χ2n) is 5.99. The number of nitrogens with zero attached hydrogens (tertiary/aromatic N) is 3. The van der Waals surface area contributed by atoms with E-state index in [4.69, 9.17) is 44.0 Å². The molecule has 0 aliphatic heterocycles. The van der Waals surface area contributed by atoms with Gasteiger partial charge in [-0.3, -0.25) is 4.79 Å². The predicted molar refractivity (Wildman–Crippen MR) is 114 cm³/mol. The van der Waals surface area contributed by atoms with Crippen molar-refractivity contribution < 1.29 is 13.9 Å². The number of hydrogen-bond donors (Lipinski definition) is 0. The third kappa shape index (κ3) is 6.54. The zero-order valence-corrected chi connectivity index (χ0v) is 18.4. The molecule has 3 rings (SSSR count). The van der Waals surface area contributed by atoms with E-state index in [-0.39, 0.29) is 18.3 Å². The highest BCUT2D eigenvalue weighted by Gasteiger charge is 2.14. The number of hydrogen-bond acceptors (Lipinski definition) is 6. The molecule has 2 aromatic carbocycles. The molecule has 0 fully saturated rings. The number of thioether (sulfide) groups is 1. The van der Waals surface area contributed by atoms with E-state index in [1.807, 2.05) is 6.07 Å². The molecule has 0 N–H and O–H groups in total. The third-order valence-corrected chi connectivity index (χ3v) is 5.57. The molecule has 0 aliphatic carbocycles. The summed E-state index contributed by atoms with van der Waals surface area (Å²) in [6.45, 7) is 0.542. The van der Waals surface area contributed by atoms with Gasteiger partial charge in [0.2, 0.25) is 5.91 Å². The maximum absolute atomic E-state index is 12.3. The van der Waals surface area contributed by atoms with Crippen LogP contribution >= 0.6 is 46.6 Å². The Kier molecular flexibility index (Phi) is 7.66. The molecule has 152 valence electrons. The monoisotopic (exact) mass is 471 g/mol. The third-order valence-electron chi connectivity index (χ3n) is 3.77. The second-order valence-corrected chi connectivity index (χ2v) is 8.17. The largest absolute Gasteiger partial charge is 0.484 e. The molecule has 29 heavy (non-hydrogen) atoms. The molecule has 1 aromatic heterocycles. The Hall–Kier alpha value is -1.93. The number of carbonyl (C=O) groups excluding carboxylic acids is 1. The quantitative estimate of drug-likeness (QED) is 0.411. The van der Waals surface area contributed by atoms with E-state index in [1.165, 1.54) is 11.8 Å². The molecule has 0 spiro atoms. The first-order chi connectivity index (χ1) is 13.9. The van der Waals surface area contributed by atoms with Gasteiger partial charge < -0.3 is 14.1 Å². The van der Waals surface area contributed by atoms with Crippen molar-refractivity contribution in [1.82, 2.24) is 15.1 Å². The topological polar surface area (TPSA) is 68.5 Å². The molecule has 0 radical (unpaired) electrons. The van der Waals surface area contributed by atoms with Gasteiger partial charge in [-0.05, 0) is 42.0 Å². The zero-order chi connectivity index (χ0) is 20.8. The van der Waals surface area contributed by atoms with Crippen LogP contribution in [-0.4, -0.2) is 33.8 Å². The number of ether oxygens (including phenoxy) is 1. The summed E-state index contributed by atoms with van der Waals surface area (Å²) < 4.78 is 11.0. The lowest BCUT2D eigenvalue weighted by atomic mass is 10.2. The van der Waals surface area contributed by atoms with Crippen molar-refractivity contribution in [1.29, 1.82) is 0 Å². The van der Waals surface area contributed by atoms with Crippen LogP contribution in [0.2, 0.25) is 15.1 Å². The normalized spacial score (nSPS) is 10.8. The van der Waals surface area contributed by atoms with Crippen LogP contribution in [-0.2, 0) is 17.9 Å². The lowest BCUT2D eigenvalue weighted by Gasteiger charge is -2.17. The van der Waals surface area contributed by atoms with Crippen LogP contribution in [0.1, 0.15) is 11.5 Å². The number of carbonyl (C=O) groups is 1. The molecule has 0 atom stereocenters. The van der Waals surface area contributed by atoms with E-state index in [9.17, 15) is 4.79 Å². The number of aromatic nitrogens is 2. The Morgan fingerprint density at radius 1 is 1.10 bits per heavy atom. The van der Waals surface area contributed by atoms with Gasteiger partial charge in [0.15, 0.2) is 6.61 Å². The van der Waals surface area contributed by atoms with Crippen LogP contribution in [0.25, 0.3) is 0 Å². The summed E-state index contributed by atoms with van der Waals surface area (Å²) >= 11 is 18.9. The summed E-state index contributed by atoms with van der Waals surface area (Å²) in [5.41, 5.74) is 0.889. The van der Waals surface area contributed by atoms with Crippen LogP contribution in [0, 0.1) is 0 Å². The SMILES string of the molecule is CN(Cc1ccc(Cl)c(Cl)c1)C(=O)CSc1nnc(COc2ccc(Cl)cc2)o1. The smallest absolute Gasteiger partial charge is 0.277 e. The fourth-order valence-electron chi connectivity index (χ4n) is 2.26. The first-order valence-electron chi connectivity index (χ1n) is 8.42. The molecule has 0 bridgehead atoms. The highest BCUT2D eigenvalue weighted by atomic mass is 35.5. The summed E-state index contributed by atoms with van der Waals surface area (Å²) in [6.07, 6.45) is 0. The van der Waals surface area contributed by atoms with Crippen LogP contribution in [0.4, 0.5) is 0 Å². The fraction of sp³-hybridized carbons (Fsp3) is 0.211. The van der Waals surface area contributed by atoms with Crippen LogP contribution in [0.3, 0.4) is 0 Å². The molecule has 0 saturated carbocycles. The van der Waals surface area contributed by atoms with Crippen LogP contribution < -0.4 is 4.74 Å². The van der Waals surface area contributed by atoms with Crippen LogP contribution in [0.5, 0.6) is 5.75 Å². The van der Waals surface area contributed by atoms with Gasteiger partial charge in [-0.2, -0.15) is 0 Å². The van der Waals surface area contributed by atoms with Crippen molar-refractivity contribution in [2.24, 2.45) is 0 Å². The van der Waals surface area contributed by atoms with Gasteiger partial charge >= 0.3 is 0 Å². The molecule has 1 amide bonds. The van der Waals surface area contributed by atoms with Crippen molar-refractivity contribution in [3.8, 4) is 5.75 Å². The lowest BCUT2D eigenvalue weighted by Crippen LogP contribution is -2.27. The Morgan fingerprint density at radius 2 is 1.86 bits per heavy atom. The highest BCUT2D eigenvalue weighted by molar-refractivity contribution is 7.99. The Morgan fingerprint density at radius 3 is 2.59 bits per heavy atom. The first kappa shape index (κ1) is 21.8. The highest BCUT2D eigenvalue weighted by Crippen LogP contribution is 2.24. The van der Waals surface area contributed by atoms with Crippen molar-refractivity contribution in [3.05, 3.63) is 69.0 Å².